The van der Waals surface area contributed by atoms with Gasteiger partial charge in [-0.05, 0) is 26.8 Å². The van der Waals surface area contributed by atoms with Crippen molar-refractivity contribution in [2.24, 2.45) is 4.99 Å². The maximum Gasteiger partial charge on any atom is 0.191 e. The van der Waals surface area contributed by atoms with E-state index < -0.39 is 0 Å². The van der Waals surface area contributed by atoms with E-state index in [9.17, 15) is 0 Å². The smallest absolute Gasteiger partial charge is 0.191 e. The Kier molecular flexibility index (Phi) is 5.25. The fourth-order valence-electron chi connectivity index (χ4n) is 1.27. The first-order valence-corrected chi connectivity index (χ1v) is 5.56. The standard InChI is InChI=1S/C11H19N5/c1-4-12-11(13-5-2)14-7-10-6-9(3)15-8-16-10/h6,8H,4-5,7H2,1-3H3,(H2,12,13,14). The van der Waals surface area contributed by atoms with Gasteiger partial charge in [-0.15, -0.1) is 0 Å². The molecule has 0 aromatic carbocycles. The Balaban J connectivity index is 2.61. The molecule has 0 amide bonds. The molecule has 0 unspecified atom stereocenters. The van der Waals surface area contributed by atoms with Crippen molar-refractivity contribution >= 4 is 5.96 Å². The van der Waals surface area contributed by atoms with E-state index in [0.29, 0.717) is 6.54 Å². The Hall–Kier alpha value is -1.65. The first-order chi connectivity index (χ1) is 7.76. The van der Waals surface area contributed by atoms with E-state index in [1.807, 2.05) is 26.8 Å². The molecular weight excluding hydrogens is 202 g/mol. The van der Waals surface area contributed by atoms with E-state index >= 15 is 0 Å². The van der Waals surface area contributed by atoms with Crippen LogP contribution in [0.3, 0.4) is 0 Å². The van der Waals surface area contributed by atoms with Crippen molar-refractivity contribution in [3.63, 3.8) is 0 Å². The minimum atomic E-state index is 0.568. The fraction of sp³-hybridized carbons (Fsp3) is 0.545. The summed E-state index contributed by atoms with van der Waals surface area (Å²) in [4.78, 5) is 12.6. The third-order valence-electron chi connectivity index (χ3n) is 1.95. The highest BCUT2D eigenvalue weighted by Gasteiger charge is 1.97. The summed E-state index contributed by atoms with van der Waals surface area (Å²) < 4.78 is 0. The Bertz CT molecular complexity index is 340. The van der Waals surface area contributed by atoms with Gasteiger partial charge in [-0.1, -0.05) is 0 Å². The van der Waals surface area contributed by atoms with Gasteiger partial charge in [0.2, 0.25) is 0 Å². The van der Waals surface area contributed by atoms with Gasteiger partial charge in [0, 0.05) is 18.8 Å². The summed E-state index contributed by atoms with van der Waals surface area (Å²) in [6.45, 7) is 8.32. The van der Waals surface area contributed by atoms with E-state index in [2.05, 4.69) is 25.6 Å². The highest BCUT2D eigenvalue weighted by Crippen LogP contribution is 1.97. The van der Waals surface area contributed by atoms with Crippen LogP contribution in [0.2, 0.25) is 0 Å². The van der Waals surface area contributed by atoms with Crippen LogP contribution in [-0.4, -0.2) is 29.0 Å². The molecule has 5 nitrogen and oxygen atoms in total. The van der Waals surface area contributed by atoms with Gasteiger partial charge in [0.05, 0.1) is 12.2 Å². The molecule has 1 aromatic heterocycles. The average Bonchev–Trinajstić information content (AvgIpc) is 2.27. The SMILES string of the molecule is CCNC(=NCc1cc(C)ncn1)NCC. The second-order valence-corrected chi connectivity index (χ2v) is 3.38. The molecule has 0 aliphatic rings. The van der Waals surface area contributed by atoms with E-state index in [-0.39, 0.29) is 0 Å². The molecule has 5 heteroatoms. The Morgan fingerprint density at radius 3 is 2.50 bits per heavy atom. The molecule has 2 N–H and O–H groups in total. The number of nitrogens with zero attached hydrogens (tertiary/aromatic N) is 3. The van der Waals surface area contributed by atoms with Crippen molar-refractivity contribution in [3.8, 4) is 0 Å². The number of nitrogens with one attached hydrogen (secondary N) is 2. The maximum atomic E-state index is 4.42. The summed E-state index contributed by atoms with van der Waals surface area (Å²) in [7, 11) is 0. The summed E-state index contributed by atoms with van der Waals surface area (Å²) >= 11 is 0. The van der Waals surface area contributed by atoms with E-state index in [1.54, 1.807) is 6.33 Å². The van der Waals surface area contributed by atoms with Crippen molar-refractivity contribution in [1.29, 1.82) is 0 Å². The summed E-state index contributed by atoms with van der Waals surface area (Å²) in [5.74, 6) is 0.821. The number of hydrogen-bond donors (Lipinski definition) is 2. The van der Waals surface area contributed by atoms with Gasteiger partial charge in [-0.3, -0.25) is 0 Å². The van der Waals surface area contributed by atoms with Gasteiger partial charge in [-0.25, -0.2) is 15.0 Å². The average molecular weight is 221 g/mol. The zero-order valence-corrected chi connectivity index (χ0v) is 10.1. The van der Waals surface area contributed by atoms with Crippen LogP contribution in [0.15, 0.2) is 17.4 Å². The summed E-state index contributed by atoms with van der Waals surface area (Å²) in [5, 5.41) is 6.33. The third kappa shape index (κ3) is 4.25. The molecule has 1 aromatic rings. The van der Waals surface area contributed by atoms with Gasteiger partial charge < -0.3 is 10.6 Å². The number of rotatable bonds is 4. The minimum absolute atomic E-state index is 0.568. The van der Waals surface area contributed by atoms with Gasteiger partial charge >= 0.3 is 0 Å². The second kappa shape index (κ2) is 6.76. The molecular formula is C11H19N5. The first-order valence-electron chi connectivity index (χ1n) is 5.56. The monoisotopic (exact) mass is 221 g/mol. The van der Waals surface area contributed by atoms with Gasteiger partial charge in [0.15, 0.2) is 5.96 Å². The fourth-order valence-corrected chi connectivity index (χ4v) is 1.27. The van der Waals surface area contributed by atoms with Crippen molar-refractivity contribution in [3.05, 3.63) is 23.8 Å². The van der Waals surface area contributed by atoms with Crippen LogP contribution in [0.1, 0.15) is 25.2 Å². The molecule has 0 atom stereocenters. The zero-order valence-electron chi connectivity index (χ0n) is 10.1. The molecule has 0 radical (unpaired) electrons. The molecule has 0 fully saturated rings. The molecule has 0 aliphatic heterocycles. The molecule has 0 saturated carbocycles. The number of aromatic nitrogens is 2. The van der Waals surface area contributed by atoms with Crippen molar-refractivity contribution in [2.75, 3.05) is 13.1 Å². The number of aryl methyl sites for hydroxylation is 1. The zero-order chi connectivity index (χ0) is 11.8. The summed E-state index contributed by atoms with van der Waals surface area (Å²) in [5.41, 5.74) is 1.90. The lowest BCUT2D eigenvalue weighted by Crippen LogP contribution is -2.37. The molecule has 1 rings (SSSR count). The van der Waals surface area contributed by atoms with Crippen LogP contribution in [-0.2, 0) is 6.54 Å². The molecule has 0 saturated heterocycles. The summed E-state index contributed by atoms with van der Waals surface area (Å²) in [6.07, 6.45) is 1.57. The Morgan fingerprint density at radius 2 is 1.94 bits per heavy atom. The van der Waals surface area contributed by atoms with E-state index in [4.69, 9.17) is 0 Å². The number of aliphatic imine (C=N–C) groups is 1. The molecule has 88 valence electrons. The van der Waals surface area contributed by atoms with E-state index in [1.165, 1.54) is 0 Å². The quantitative estimate of drug-likeness (QED) is 0.585. The Morgan fingerprint density at radius 1 is 1.25 bits per heavy atom. The van der Waals surface area contributed by atoms with E-state index in [0.717, 1.165) is 30.4 Å². The summed E-state index contributed by atoms with van der Waals surface area (Å²) in [6, 6.07) is 1.94. The molecule has 1 heterocycles. The van der Waals surface area contributed by atoms with Crippen molar-refractivity contribution < 1.29 is 0 Å². The highest BCUT2D eigenvalue weighted by atomic mass is 15.2. The largest absolute Gasteiger partial charge is 0.357 e. The highest BCUT2D eigenvalue weighted by molar-refractivity contribution is 5.79. The number of hydrogen-bond acceptors (Lipinski definition) is 3. The molecule has 0 bridgehead atoms. The maximum absolute atomic E-state index is 4.42. The lowest BCUT2D eigenvalue weighted by atomic mass is 10.3. The lowest BCUT2D eigenvalue weighted by Gasteiger charge is -2.08. The van der Waals surface area contributed by atoms with Gasteiger partial charge in [0.25, 0.3) is 0 Å². The Labute approximate surface area is 96.4 Å². The molecule has 0 aliphatic carbocycles. The second-order valence-electron chi connectivity index (χ2n) is 3.38. The predicted octanol–water partition coefficient (Wildman–Crippen LogP) is 0.860. The van der Waals surface area contributed by atoms with Crippen molar-refractivity contribution in [2.45, 2.75) is 27.3 Å². The van der Waals surface area contributed by atoms with Crippen LogP contribution < -0.4 is 10.6 Å². The van der Waals surface area contributed by atoms with Crippen LogP contribution >= 0.6 is 0 Å². The molecule has 0 spiro atoms. The number of guanidine groups is 1. The topological polar surface area (TPSA) is 62.2 Å². The first kappa shape index (κ1) is 12.4. The van der Waals surface area contributed by atoms with Crippen LogP contribution in [0.25, 0.3) is 0 Å². The third-order valence-corrected chi connectivity index (χ3v) is 1.95. The van der Waals surface area contributed by atoms with Crippen LogP contribution in [0.5, 0.6) is 0 Å². The van der Waals surface area contributed by atoms with Crippen LogP contribution in [0, 0.1) is 6.92 Å². The molecule has 16 heavy (non-hydrogen) atoms. The lowest BCUT2D eigenvalue weighted by molar-refractivity contribution is 0.831. The van der Waals surface area contributed by atoms with Crippen molar-refractivity contribution in [1.82, 2.24) is 20.6 Å². The van der Waals surface area contributed by atoms with Gasteiger partial charge in [-0.2, -0.15) is 0 Å². The van der Waals surface area contributed by atoms with Crippen LogP contribution in [0.4, 0.5) is 0 Å². The predicted molar refractivity (Wildman–Crippen MR) is 65.3 cm³/mol. The van der Waals surface area contributed by atoms with Gasteiger partial charge in [0.1, 0.15) is 6.33 Å². The normalized spacial score (nSPS) is 9.69. The minimum Gasteiger partial charge on any atom is -0.357 e.